The van der Waals surface area contributed by atoms with Crippen molar-refractivity contribution in [1.29, 1.82) is 0 Å². The zero-order valence-electron chi connectivity index (χ0n) is 11.5. The van der Waals surface area contributed by atoms with E-state index in [2.05, 4.69) is 63.4 Å². The summed E-state index contributed by atoms with van der Waals surface area (Å²) in [5.74, 6) is 0. The second-order valence-corrected chi connectivity index (χ2v) is 12.4. The van der Waals surface area contributed by atoms with Crippen molar-refractivity contribution in [2.75, 3.05) is 6.61 Å². The number of aliphatic hydroxyl groups excluding tert-OH is 1. The van der Waals surface area contributed by atoms with Gasteiger partial charge in [-0.3, -0.25) is 0 Å². The van der Waals surface area contributed by atoms with Gasteiger partial charge >= 0.3 is 0 Å². The maximum Gasteiger partial charge on any atom is 0.192 e. The van der Waals surface area contributed by atoms with Crippen LogP contribution in [0.5, 0.6) is 0 Å². The van der Waals surface area contributed by atoms with Crippen molar-refractivity contribution >= 4 is 30.9 Å². The molecule has 0 bridgehead atoms. The van der Waals surface area contributed by atoms with Gasteiger partial charge < -0.3 is 9.53 Å². The third kappa shape index (κ3) is 5.47. The Morgan fingerprint density at radius 3 is 2.19 bits per heavy atom. The maximum absolute atomic E-state index is 9.97. The van der Waals surface area contributed by atoms with E-state index in [1.165, 1.54) is 0 Å². The Morgan fingerprint density at radius 1 is 1.31 bits per heavy atom. The molecule has 0 aliphatic heterocycles. The fraction of sp³-hybridized carbons (Fsp3) is 1.00. The Balaban J connectivity index is 4.14. The van der Waals surface area contributed by atoms with Gasteiger partial charge in [-0.2, -0.15) is 0 Å². The molecule has 2 atom stereocenters. The molecule has 0 aromatic heterocycles. The van der Waals surface area contributed by atoms with Gasteiger partial charge in [0.15, 0.2) is 8.32 Å². The minimum Gasteiger partial charge on any atom is -0.414 e. The number of halogens is 1. The Bertz CT molecular complexity index is 202. The van der Waals surface area contributed by atoms with Crippen LogP contribution < -0.4 is 0 Å². The predicted octanol–water partition coefficient (Wildman–Crippen LogP) is 3.97. The highest BCUT2D eigenvalue weighted by atomic mass is 127. The summed E-state index contributed by atoms with van der Waals surface area (Å²) in [6.07, 6.45) is 1.85. The smallest absolute Gasteiger partial charge is 0.192 e. The fourth-order valence-electron chi connectivity index (χ4n) is 1.08. The van der Waals surface area contributed by atoms with Gasteiger partial charge in [0.1, 0.15) is 0 Å². The zero-order chi connectivity index (χ0) is 13.0. The molecule has 0 aliphatic carbocycles. The highest BCUT2D eigenvalue weighted by molar-refractivity contribution is 14.1. The molecule has 98 valence electrons. The molecule has 0 radical (unpaired) electrons. The van der Waals surface area contributed by atoms with Crippen LogP contribution in [0, 0.1) is 0 Å². The molecule has 16 heavy (non-hydrogen) atoms. The maximum atomic E-state index is 9.97. The average Bonchev–Trinajstić information content (AvgIpc) is 2.12. The first-order chi connectivity index (χ1) is 7.12. The third-order valence-electron chi connectivity index (χ3n) is 3.40. The summed E-state index contributed by atoms with van der Waals surface area (Å²) in [6, 6.07) is 0. The van der Waals surface area contributed by atoms with Crippen LogP contribution in [0.1, 0.15) is 40.5 Å². The van der Waals surface area contributed by atoms with Gasteiger partial charge in [0.05, 0.1) is 12.7 Å². The van der Waals surface area contributed by atoms with Crippen LogP contribution in [0.15, 0.2) is 0 Å². The molecule has 0 fully saturated rings. The molecule has 0 unspecified atom stereocenters. The van der Waals surface area contributed by atoms with Crippen LogP contribution in [0.4, 0.5) is 0 Å². The van der Waals surface area contributed by atoms with E-state index in [4.69, 9.17) is 4.43 Å². The summed E-state index contributed by atoms with van der Waals surface area (Å²) in [5.41, 5.74) is 0. The largest absolute Gasteiger partial charge is 0.414 e. The average molecular weight is 358 g/mol. The molecule has 0 heterocycles. The molecular weight excluding hydrogens is 331 g/mol. The third-order valence-corrected chi connectivity index (χ3v) is 9.36. The Hall–Kier alpha value is 0.867. The molecule has 1 N–H and O–H groups in total. The molecule has 0 saturated carbocycles. The number of aliphatic hydroxyl groups is 1. The lowest BCUT2D eigenvalue weighted by Gasteiger charge is -2.37. The van der Waals surface area contributed by atoms with Gasteiger partial charge in [-0.05, 0) is 24.6 Å². The van der Waals surface area contributed by atoms with Crippen LogP contribution >= 0.6 is 22.6 Å². The lowest BCUT2D eigenvalue weighted by Crippen LogP contribution is -2.43. The Labute approximate surface area is 115 Å². The standard InChI is InChI=1S/C12H27IO2Si/c1-7-8-10(13)11(14)9-15-16(5,6)12(2,3)4/h10-11,14H,7-9H2,1-6H3/t10-,11+/m0/s1. The second kappa shape index (κ2) is 6.71. The molecule has 0 saturated heterocycles. The van der Waals surface area contributed by atoms with Crippen molar-refractivity contribution in [2.24, 2.45) is 0 Å². The Morgan fingerprint density at radius 2 is 1.81 bits per heavy atom. The summed E-state index contributed by atoms with van der Waals surface area (Å²) in [4.78, 5) is 0. The van der Waals surface area contributed by atoms with Gasteiger partial charge in [-0.25, -0.2) is 0 Å². The minimum atomic E-state index is -1.70. The summed E-state index contributed by atoms with van der Waals surface area (Å²) in [6.45, 7) is 13.7. The lowest BCUT2D eigenvalue weighted by molar-refractivity contribution is 0.0992. The van der Waals surface area contributed by atoms with E-state index in [0.717, 1.165) is 12.8 Å². The summed E-state index contributed by atoms with van der Waals surface area (Å²) in [5, 5.41) is 10.2. The van der Waals surface area contributed by atoms with E-state index in [1.807, 2.05) is 0 Å². The van der Waals surface area contributed by atoms with Gasteiger partial charge in [0.2, 0.25) is 0 Å². The van der Waals surface area contributed by atoms with Crippen LogP contribution in [0.2, 0.25) is 18.1 Å². The zero-order valence-corrected chi connectivity index (χ0v) is 14.7. The SMILES string of the molecule is CCC[C@H](I)[C@H](O)CO[Si](C)(C)C(C)(C)C. The van der Waals surface area contributed by atoms with E-state index in [1.54, 1.807) is 0 Å². The first-order valence-corrected chi connectivity index (χ1v) is 10.2. The van der Waals surface area contributed by atoms with Gasteiger partial charge in [0.25, 0.3) is 0 Å². The van der Waals surface area contributed by atoms with Crippen molar-refractivity contribution in [1.82, 2.24) is 0 Å². The second-order valence-electron chi connectivity index (χ2n) is 5.94. The quantitative estimate of drug-likeness (QED) is 0.442. The van der Waals surface area contributed by atoms with Crippen molar-refractivity contribution in [3.8, 4) is 0 Å². The highest BCUT2D eigenvalue weighted by Crippen LogP contribution is 2.36. The number of alkyl halides is 1. The molecule has 4 heteroatoms. The van der Waals surface area contributed by atoms with E-state index in [9.17, 15) is 5.11 Å². The van der Waals surface area contributed by atoms with Crippen LogP contribution in [0.25, 0.3) is 0 Å². The molecule has 0 aliphatic rings. The van der Waals surface area contributed by atoms with Gasteiger partial charge in [-0.1, -0.05) is 56.7 Å². The van der Waals surface area contributed by atoms with Crippen molar-refractivity contribution in [3.05, 3.63) is 0 Å². The highest BCUT2D eigenvalue weighted by Gasteiger charge is 2.37. The normalized spacial score (nSPS) is 17.2. The van der Waals surface area contributed by atoms with Gasteiger partial charge in [-0.15, -0.1) is 0 Å². The summed E-state index contributed by atoms with van der Waals surface area (Å²) < 4.78 is 6.32. The van der Waals surface area contributed by atoms with Crippen LogP contribution in [0.3, 0.4) is 0 Å². The lowest BCUT2D eigenvalue weighted by atomic mass is 10.2. The molecule has 0 rings (SSSR count). The van der Waals surface area contributed by atoms with Gasteiger partial charge in [0, 0.05) is 3.92 Å². The molecule has 0 aromatic rings. The summed E-state index contributed by atoms with van der Waals surface area (Å²) in [7, 11) is -1.70. The first kappa shape index (κ1) is 16.9. The van der Waals surface area contributed by atoms with Crippen molar-refractivity contribution in [3.63, 3.8) is 0 Å². The predicted molar refractivity (Wildman–Crippen MR) is 81.9 cm³/mol. The van der Waals surface area contributed by atoms with E-state index >= 15 is 0 Å². The van der Waals surface area contributed by atoms with Crippen molar-refractivity contribution in [2.45, 2.75) is 68.7 Å². The number of hydrogen-bond donors (Lipinski definition) is 1. The minimum absolute atomic E-state index is 0.220. The van der Waals surface area contributed by atoms with Crippen LogP contribution in [-0.4, -0.2) is 30.1 Å². The first-order valence-electron chi connectivity index (χ1n) is 6.08. The van der Waals surface area contributed by atoms with Crippen molar-refractivity contribution < 1.29 is 9.53 Å². The number of rotatable bonds is 6. The van der Waals surface area contributed by atoms with E-state index in [0.29, 0.717) is 10.5 Å². The fourth-order valence-corrected chi connectivity index (χ4v) is 2.93. The molecule has 0 aromatic carbocycles. The number of hydrogen-bond acceptors (Lipinski definition) is 2. The van der Waals surface area contributed by atoms with E-state index < -0.39 is 8.32 Å². The Kier molecular flexibility index (Phi) is 7.07. The van der Waals surface area contributed by atoms with Crippen LogP contribution in [-0.2, 0) is 4.43 Å². The summed E-state index contributed by atoms with van der Waals surface area (Å²) >= 11 is 2.33. The molecule has 0 amide bonds. The molecule has 0 spiro atoms. The molecule has 2 nitrogen and oxygen atoms in total. The monoisotopic (exact) mass is 358 g/mol. The molecular formula is C12H27IO2Si. The topological polar surface area (TPSA) is 29.5 Å². The van der Waals surface area contributed by atoms with E-state index in [-0.39, 0.29) is 11.1 Å².